The van der Waals surface area contributed by atoms with Gasteiger partial charge in [-0.3, -0.25) is 4.98 Å². The van der Waals surface area contributed by atoms with Gasteiger partial charge in [0, 0.05) is 30.2 Å². The standard InChI is InChI=1S/C20H18N4O/c1-15(24-20-9-4-16(11-21)13-23-20)18-5-7-19(8-6-18)25-14-17-3-2-10-22-12-17/h2-10,12-13,15H,14H2,1H3,(H,23,24)/t15-/m0/s1. The van der Waals surface area contributed by atoms with Crippen molar-refractivity contribution in [2.75, 3.05) is 5.32 Å². The highest BCUT2D eigenvalue weighted by Gasteiger charge is 2.06. The molecule has 124 valence electrons. The molecule has 2 aromatic heterocycles. The molecule has 1 N–H and O–H groups in total. The van der Waals surface area contributed by atoms with E-state index in [2.05, 4.69) is 28.3 Å². The number of ether oxygens (including phenoxy) is 1. The van der Waals surface area contributed by atoms with Crippen molar-refractivity contribution < 1.29 is 4.74 Å². The fourth-order valence-corrected chi connectivity index (χ4v) is 2.35. The molecule has 0 aliphatic heterocycles. The molecular formula is C20H18N4O. The molecule has 0 saturated carbocycles. The molecule has 1 aromatic carbocycles. The average Bonchev–Trinajstić information content (AvgIpc) is 2.68. The molecule has 0 fully saturated rings. The van der Waals surface area contributed by atoms with Crippen molar-refractivity contribution in [3.8, 4) is 11.8 Å². The Balaban J connectivity index is 1.58. The molecule has 1 atom stereocenters. The second-order valence-electron chi connectivity index (χ2n) is 5.63. The first-order chi connectivity index (χ1) is 12.2. The maximum Gasteiger partial charge on any atom is 0.126 e. The van der Waals surface area contributed by atoms with Crippen LogP contribution in [0, 0.1) is 11.3 Å². The zero-order chi connectivity index (χ0) is 17.5. The van der Waals surface area contributed by atoms with Gasteiger partial charge in [0.2, 0.25) is 0 Å². The number of aromatic nitrogens is 2. The normalized spacial score (nSPS) is 11.4. The quantitative estimate of drug-likeness (QED) is 0.737. The molecule has 0 radical (unpaired) electrons. The van der Waals surface area contributed by atoms with Gasteiger partial charge in [0.25, 0.3) is 0 Å². The number of nitrogens with one attached hydrogen (secondary N) is 1. The lowest BCUT2D eigenvalue weighted by Crippen LogP contribution is -2.07. The third-order valence-corrected chi connectivity index (χ3v) is 3.77. The number of nitrogens with zero attached hydrogens (tertiary/aromatic N) is 3. The second-order valence-corrected chi connectivity index (χ2v) is 5.63. The molecule has 0 bridgehead atoms. The fourth-order valence-electron chi connectivity index (χ4n) is 2.35. The number of nitriles is 1. The van der Waals surface area contributed by atoms with Crippen LogP contribution < -0.4 is 10.1 Å². The molecule has 0 aliphatic rings. The Morgan fingerprint density at radius 2 is 1.96 bits per heavy atom. The maximum atomic E-state index is 8.81. The van der Waals surface area contributed by atoms with E-state index in [4.69, 9.17) is 10.00 Å². The SMILES string of the molecule is C[C@H](Nc1ccc(C#N)cn1)c1ccc(OCc2cccnc2)cc1. The third kappa shape index (κ3) is 4.55. The van der Waals surface area contributed by atoms with Gasteiger partial charge in [-0.2, -0.15) is 5.26 Å². The van der Waals surface area contributed by atoms with Crippen molar-refractivity contribution in [3.05, 3.63) is 83.8 Å². The van der Waals surface area contributed by atoms with Crippen LogP contribution in [-0.4, -0.2) is 9.97 Å². The molecular weight excluding hydrogens is 312 g/mol. The molecule has 0 saturated heterocycles. The Morgan fingerprint density at radius 1 is 1.12 bits per heavy atom. The summed E-state index contributed by atoms with van der Waals surface area (Å²) in [6.45, 7) is 2.56. The minimum Gasteiger partial charge on any atom is -0.489 e. The second kappa shape index (κ2) is 7.93. The van der Waals surface area contributed by atoms with E-state index in [0.29, 0.717) is 12.2 Å². The minimum atomic E-state index is 0.0906. The Hall–Kier alpha value is -3.39. The van der Waals surface area contributed by atoms with E-state index in [1.165, 1.54) is 0 Å². The van der Waals surface area contributed by atoms with E-state index in [9.17, 15) is 0 Å². The Kier molecular flexibility index (Phi) is 5.22. The van der Waals surface area contributed by atoms with Crippen molar-refractivity contribution in [1.29, 1.82) is 5.26 Å². The van der Waals surface area contributed by atoms with Gasteiger partial charge in [-0.25, -0.2) is 4.98 Å². The lowest BCUT2D eigenvalue weighted by atomic mass is 10.1. The van der Waals surface area contributed by atoms with Crippen LogP contribution in [0.2, 0.25) is 0 Å². The number of anilines is 1. The molecule has 0 amide bonds. The van der Waals surface area contributed by atoms with E-state index in [0.717, 1.165) is 22.7 Å². The highest BCUT2D eigenvalue weighted by Crippen LogP contribution is 2.21. The van der Waals surface area contributed by atoms with Crippen LogP contribution >= 0.6 is 0 Å². The topological polar surface area (TPSA) is 70.8 Å². The van der Waals surface area contributed by atoms with Gasteiger partial charge in [0.1, 0.15) is 24.2 Å². The van der Waals surface area contributed by atoms with Crippen LogP contribution in [0.15, 0.2) is 67.1 Å². The molecule has 0 aliphatic carbocycles. The summed E-state index contributed by atoms with van der Waals surface area (Å²) >= 11 is 0. The van der Waals surface area contributed by atoms with Gasteiger partial charge in [-0.05, 0) is 42.8 Å². The average molecular weight is 330 g/mol. The molecule has 5 heteroatoms. The number of rotatable bonds is 6. The van der Waals surface area contributed by atoms with Gasteiger partial charge in [-0.15, -0.1) is 0 Å². The summed E-state index contributed by atoms with van der Waals surface area (Å²) in [5.41, 5.74) is 2.71. The maximum absolute atomic E-state index is 8.81. The summed E-state index contributed by atoms with van der Waals surface area (Å²) in [5.74, 6) is 1.56. The number of hydrogen-bond acceptors (Lipinski definition) is 5. The predicted molar refractivity (Wildman–Crippen MR) is 96.0 cm³/mol. The summed E-state index contributed by atoms with van der Waals surface area (Å²) < 4.78 is 5.77. The number of benzene rings is 1. The van der Waals surface area contributed by atoms with Crippen LogP contribution in [0.5, 0.6) is 5.75 Å². The van der Waals surface area contributed by atoms with E-state index >= 15 is 0 Å². The van der Waals surface area contributed by atoms with Crippen molar-refractivity contribution in [3.63, 3.8) is 0 Å². The van der Waals surface area contributed by atoms with Crippen molar-refractivity contribution in [2.24, 2.45) is 0 Å². The van der Waals surface area contributed by atoms with E-state index in [1.54, 1.807) is 30.7 Å². The van der Waals surface area contributed by atoms with Gasteiger partial charge in [-0.1, -0.05) is 18.2 Å². The highest BCUT2D eigenvalue weighted by molar-refractivity contribution is 5.42. The third-order valence-electron chi connectivity index (χ3n) is 3.77. The molecule has 25 heavy (non-hydrogen) atoms. The first-order valence-corrected chi connectivity index (χ1v) is 7.99. The number of hydrogen-bond donors (Lipinski definition) is 1. The van der Waals surface area contributed by atoms with Gasteiger partial charge in [0.05, 0.1) is 5.56 Å². The van der Waals surface area contributed by atoms with Crippen molar-refractivity contribution >= 4 is 5.82 Å². The lowest BCUT2D eigenvalue weighted by Gasteiger charge is -2.15. The summed E-state index contributed by atoms with van der Waals surface area (Å²) in [6, 6.07) is 17.5. The van der Waals surface area contributed by atoms with E-state index < -0.39 is 0 Å². The summed E-state index contributed by atoms with van der Waals surface area (Å²) in [5, 5.41) is 12.1. The first kappa shape index (κ1) is 16.5. The number of pyridine rings is 2. The van der Waals surface area contributed by atoms with Crippen LogP contribution in [-0.2, 0) is 6.61 Å². The Morgan fingerprint density at radius 3 is 2.60 bits per heavy atom. The summed E-state index contributed by atoms with van der Waals surface area (Å²) in [6.07, 6.45) is 5.10. The lowest BCUT2D eigenvalue weighted by molar-refractivity contribution is 0.305. The van der Waals surface area contributed by atoms with Gasteiger partial charge >= 0.3 is 0 Å². The molecule has 3 aromatic rings. The fraction of sp³-hybridized carbons (Fsp3) is 0.150. The molecule has 2 heterocycles. The first-order valence-electron chi connectivity index (χ1n) is 7.99. The van der Waals surface area contributed by atoms with E-state index in [-0.39, 0.29) is 6.04 Å². The van der Waals surface area contributed by atoms with Crippen molar-refractivity contribution in [2.45, 2.75) is 19.6 Å². The van der Waals surface area contributed by atoms with Crippen LogP contribution in [0.1, 0.15) is 29.7 Å². The van der Waals surface area contributed by atoms with Crippen LogP contribution in [0.4, 0.5) is 5.82 Å². The smallest absolute Gasteiger partial charge is 0.126 e. The molecule has 0 spiro atoms. The molecule has 0 unspecified atom stereocenters. The van der Waals surface area contributed by atoms with Gasteiger partial charge in [0.15, 0.2) is 0 Å². The van der Waals surface area contributed by atoms with Crippen LogP contribution in [0.25, 0.3) is 0 Å². The monoisotopic (exact) mass is 330 g/mol. The Bertz CT molecular complexity index is 840. The summed E-state index contributed by atoms with van der Waals surface area (Å²) in [4.78, 5) is 8.30. The zero-order valence-electron chi connectivity index (χ0n) is 13.9. The minimum absolute atomic E-state index is 0.0906. The molecule has 3 rings (SSSR count). The Labute approximate surface area is 147 Å². The predicted octanol–water partition coefficient (Wildman–Crippen LogP) is 4.10. The summed E-state index contributed by atoms with van der Waals surface area (Å²) in [7, 11) is 0. The van der Waals surface area contributed by atoms with Crippen LogP contribution in [0.3, 0.4) is 0 Å². The highest BCUT2D eigenvalue weighted by atomic mass is 16.5. The van der Waals surface area contributed by atoms with E-state index in [1.807, 2.05) is 36.4 Å². The zero-order valence-corrected chi connectivity index (χ0v) is 13.9. The largest absolute Gasteiger partial charge is 0.489 e. The van der Waals surface area contributed by atoms with Gasteiger partial charge < -0.3 is 10.1 Å². The van der Waals surface area contributed by atoms with Crippen molar-refractivity contribution in [1.82, 2.24) is 9.97 Å². The molecule has 5 nitrogen and oxygen atoms in total.